The SMILES string of the molecule is CC(=O)N1CC2(CCN(S(=O)(=O)c3ccccc3)CC2)C2(CCN(C)C2=O)C1. The molecule has 3 aliphatic heterocycles. The van der Waals surface area contributed by atoms with Crippen molar-refractivity contribution < 1.29 is 18.0 Å². The Morgan fingerprint density at radius 2 is 1.64 bits per heavy atom. The van der Waals surface area contributed by atoms with Crippen molar-refractivity contribution in [1.82, 2.24) is 14.1 Å². The lowest BCUT2D eigenvalue weighted by Gasteiger charge is -2.46. The quantitative estimate of drug-likeness (QED) is 0.740. The molecule has 8 heteroatoms. The van der Waals surface area contributed by atoms with Gasteiger partial charge in [0.1, 0.15) is 0 Å². The van der Waals surface area contributed by atoms with Gasteiger partial charge < -0.3 is 9.80 Å². The smallest absolute Gasteiger partial charge is 0.243 e. The van der Waals surface area contributed by atoms with E-state index in [0.29, 0.717) is 50.5 Å². The van der Waals surface area contributed by atoms with Crippen LogP contribution in [0.2, 0.25) is 0 Å². The van der Waals surface area contributed by atoms with Gasteiger partial charge in [-0.15, -0.1) is 0 Å². The van der Waals surface area contributed by atoms with E-state index in [9.17, 15) is 18.0 Å². The van der Waals surface area contributed by atoms with Crippen LogP contribution in [0.4, 0.5) is 0 Å². The highest BCUT2D eigenvalue weighted by Gasteiger charge is 2.65. The van der Waals surface area contributed by atoms with Gasteiger partial charge in [0.05, 0.1) is 10.3 Å². The Kier molecular flexibility index (Phi) is 4.54. The first-order valence-corrected chi connectivity index (χ1v) is 11.2. The van der Waals surface area contributed by atoms with Gasteiger partial charge in [-0.05, 0) is 31.4 Å². The van der Waals surface area contributed by atoms with Gasteiger partial charge in [0.25, 0.3) is 0 Å². The number of carbonyl (C=O) groups is 2. The van der Waals surface area contributed by atoms with Gasteiger partial charge in [0.2, 0.25) is 21.8 Å². The van der Waals surface area contributed by atoms with Gasteiger partial charge in [-0.3, -0.25) is 9.59 Å². The maximum atomic E-state index is 13.1. The number of fused-ring (bicyclic) bond motifs is 1. The summed E-state index contributed by atoms with van der Waals surface area (Å²) < 4.78 is 27.5. The summed E-state index contributed by atoms with van der Waals surface area (Å²) in [7, 11) is -1.72. The zero-order valence-corrected chi connectivity index (χ0v) is 17.2. The number of carbonyl (C=O) groups excluding carboxylic acids is 2. The van der Waals surface area contributed by atoms with Crippen molar-refractivity contribution in [2.45, 2.75) is 31.1 Å². The summed E-state index contributed by atoms with van der Waals surface area (Å²) in [5.74, 6) is 0.0913. The number of piperidine rings is 1. The van der Waals surface area contributed by atoms with Crippen LogP contribution >= 0.6 is 0 Å². The summed E-state index contributed by atoms with van der Waals surface area (Å²) in [6.07, 6.45) is 1.93. The first-order chi connectivity index (χ1) is 13.2. The summed E-state index contributed by atoms with van der Waals surface area (Å²) in [6, 6.07) is 8.47. The average Bonchev–Trinajstić information content (AvgIpc) is 3.16. The van der Waals surface area contributed by atoms with Crippen LogP contribution in [0.15, 0.2) is 35.2 Å². The van der Waals surface area contributed by atoms with Crippen LogP contribution in [0.5, 0.6) is 0 Å². The molecule has 0 N–H and O–H groups in total. The minimum absolute atomic E-state index is 0.0158. The second kappa shape index (κ2) is 6.56. The van der Waals surface area contributed by atoms with Crippen molar-refractivity contribution in [2.75, 3.05) is 39.8 Å². The van der Waals surface area contributed by atoms with Crippen LogP contribution in [-0.2, 0) is 19.6 Å². The third-order valence-corrected chi connectivity index (χ3v) is 9.02. The highest BCUT2D eigenvalue weighted by atomic mass is 32.2. The molecule has 0 aromatic heterocycles. The number of benzene rings is 1. The Morgan fingerprint density at radius 1 is 1.00 bits per heavy atom. The third-order valence-electron chi connectivity index (χ3n) is 7.11. The molecular weight excluding hydrogens is 378 g/mol. The van der Waals surface area contributed by atoms with Gasteiger partial charge in [0, 0.05) is 52.1 Å². The molecule has 2 amide bonds. The maximum Gasteiger partial charge on any atom is 0.243 e. The standard InChI is InChI=1S/C20H27N3O4S/c1-16(24)22-14-19(20(15-22)10-11-21(2)18(20)25)8-12-23(13-9-19)28(26,27)17-6-4-3-5-7-17/h3-7H,8-15H2,1-2H3. The number of hydrogen-bond acceptors (Lipinski definition) is 4. The van der Waals surface area contributed by atoms with Crippen LogP contribution in [0.1, 0.15) is 26.2 Å². The Morgan fingerprint density at radius 3 is 2.18 bits per heavy atom. The molecule has 1 atom stereocenters. The summed E-state index contributed by atoms with van der Waals surface area (Å²) in [5.41, 5.74) is -0.917. The largest absolute Gasteiger partial charge is 0.345 e. The maximum absolute atomic E-state index is 13.1. The second-order valence-electron chi connectivity index (χ2n) is 8.43. The summed E-state index contributed by atoms with van der Waals surface area (Å²) in [5, 5.41) is 0. The van der Waals surface area contributed by atoms with Crippen LogP contribution in [0.3, 0.4) is 0 Å². The van der Waals surface area contributed by atoms with Crippen molar-refractivity contribution in [3.05, 3.63) is 30.3 Å². The van der Waals surface area contributed by atoms with E-state index in [1.165, 1.54) is 4.31 Å². The fourth-order valence-corrected chi connectivity index (χ4v) is 6.86. The molecule has 3 aliphatic rings. The molecule has 7 nitrogen and oxygen atoms in total. The Balaban J connectivity index is 1.61. The molecule has 1 aromatic carbocycles. The normalized spacial score (nSPS) is 27.9. The molecule has 3 saturated heterocycles. The zero-order chi connectivity index (χ0) is 20.2. The predicted molar refractivity (Wildman–Crippen MR) is 104 cm³/mol. The van der Waals surface area contributed by atoms with E-state index < -0.39 is 15.4 Å². The molecule has 3 fully saturated rings. The molecule has 0 aliphatic carbocycles. The van der Waals surface area contributed by atoms with E-state index in [1.54, 1.807) is 47.1 Å². The minimum Gasteiger partial charge on any atom is -0.345 e. The van der Waals surface area contributed by atoms with Crippen molar-refractivity contribution >= 4 is 21.8 Å². The van der Waals surface area contributed by atoms with Crippen molar-refractivity contribution in [1.29, 1.82) is 0 Å². The summed E-state index contributed by atoms with van der Waals surface area (Å²) in [4.78, 5) is 29.1. The van der Waals surface area contributed by atoms with Crippen molar-refractivity contribution in [3.8, 4) is 0 Å². The molecule has 152 valence electrons. The van der Waals surface area contributed by atoms with E-state index in [0.717, 1.165) is 6.42 Å². The van der Waals surface area contributed by atoms with Gasteiger partial charge in [-0.2, -0.15) is 4.31 Å². The topological polar surface area (TPSA) is 78.0 Å². The fourth-order valence-electron chi connectivity index (χ4n) is 5.39. The van der Waals surface area contributed by atoms with Crippen LogP contribution < -0.4 is 0 Å². The molecule has 1 unspecified atom stereocenters. The molecule has 0 radical (unpaired) electrons. The lowest BCUT2D eigenvalue weighted by Crippen LogP contribution is -2.53. The van der Waals surface area contributed by atoms with Crippen LogP contribution in [0, 0.1) is 10.8 Å². The first-order valence-electron chi connectivity index (χ1n) is 9.78. The molecule has 2 spiro atoms. The summed E-state index contributed by atoms with van der Waals surface area (Å²) in [6.45, 7) is 3.99. The number of sulfonamides is 1. The minimum atomic E-state index is -3.54. The lowest BCUT2D eigenvalue weighted by atomic mass is 9.60. The van der Waals surface area contributed by atoms with Gasteiger partial charge in [-0.25, -0.2) is 8.42 Å². The fraction of sp³-hybridized carbons (Fsp3) is 0.600. The van der Waals surface area contributed by atoms with E-state index in [2.05, 4.69) is 0 Å². The molecule has 1 aromatic rings. The van der Waals surface area contributed by atoms with E-state index in [4.69, 9.17) is 0 Å². The number of rotatable bonds is 2. The Labute approximate surface area is 166 Å². The zero-order valence-electron chi connectivity index (χ0n) is 16.4. The number of nitrogens with zero attached hydrogens (tertiary/aromatic N) is 3. The highest BCUT2D eigenvalue weighted by Crippen LogP contribution is 2.57. The number of hydrogen-bond donors (Lipinski definition) is 0. The number of amides is 2. The van der Waals surface area contributed by atoms with Crippen molar-refractivity contribution in [3.63, 3.8) is 0 Å². The third kappa shape index (κ3) is 2.69. The monoisotopic (exact) mass is 405 g/mol. The van der Waals surface area contributed by atoms with Gasteiger partial charge >= 0.3 is 0 Å². The van der Waals surface area contributed by atoms with Crippen LogP contribution in [0.25, 0.3) is 0 Å². The van der Waals surface area contributed by atoms with Crippen LogP contribution in [-0.4, -0.2) is 74.1 Å². The van der Waals surface area contributed by atoms with E-state index >= 15 is 0 Å². The predicted octanol–water partition coefficient (Wildman–Crippen LogP) is 1.17. The molecule has 4 rings (SSSR count). The highest BCUT2D eigenvalue weighted by molar-refractivity contribution is 7.89. The first kappa shape index (κ1) is 19.4. The lowest BCUT2D eigenvalue weighted by molar-refractivity contribution is -0.140. The summed E-state index contributed by atoms with van der Waals surface area (Å²) >= 11 is 0. The van der Waals surface area contributed by atoms with Gasteiger partial charge in [0.15, 0.2) is 0 Å². The van der Waals surface area contributed by atoms with Crippen molar-refractivity contribution in [2.24, 2.45) is 10.8 Å². The number of likely N-dealkylation sites (tertiary alicyclic amines) is 2. The van der Waals surface area contributed by atoms with Gasteiger partial charge in [-0.1, -0.05) is 18.2 Å². The molecule has 0 bridgehead atoms. The van der Waals surface area contributed by atoms with E-state index in [1.807, 2.05) is 7.05 Å². The molecule has 28 heavy (non-hydrogen) atoms. The average molecular weight is 406 g/mol. The second-order valence-corrected chi connectivity index (χ2v) is 10.4. The molecule has 0 saturated carbocycles. The van der Waals surface area contributed by atoms with E-state index in [-0.39, 0.29) is 17.2 Å². The molecule has 3 heterocycles. The molecular formula is C20H27N3O4S. The Hall–Kier alpha value is -1.93. The Bertz CT molecular complexity index is 893.